The lowest BCUT2D eigenvalue weighted by molar-refractivity contribution is 0.402. The summed E-state index contributed by atoms with van der Waals surface area (Å²) in [5.41, 5.74) is 3.74. The van der Waals surface area contributed by atoms with Gasteiger partial charge in [-0.1, -0.05) is 6.07 Å². The molecule has 0 aliphatic carbocycles. The number of pyridine rings is 1. The summed E-state index contributed by atoms with van der Waals surface area (Å²) in [4.78, 5) is 16.0. The molecule has 23 heavy (non-hydrogen) atoms. The highest BCUT2D eigenvalue weighted by Gasteiger charge is 2.11. The van der Waals surface area contributed by atoms with E-state index < -0.39 is 0 Å². The molecule has 3 aromatic heterocycles. The van der Waals surface area contributed by atoms with Crippen molar-refractivity contribution >= 4 is 21.9 Å². The monoisotopic (exact) mass is 306 g/mol. The number of hydrogen-bond acceptors (Lipinski definition) is 5. The molecule has 0 saturated heterocycles. The third-order valence-electron chi connectivity index (χ3n) is 3.84. The Hall–Kier alpha value is -3.15. The van der Waals surface area contributed by atoms with Gasteiger partial charge in [0.1, 0.15) is 17.7 Å². The zero-order valence-electron chi connectivity index (χ0n) is 12.7. The lowest BCUT2D eigenvalue weighted by Gasteiger charge is -2.06. The third-order valence-corrected chi connectivity index (χ3v) is 3.84. The van der Waals surface area contributed by atoms with E-state index in [0.717, 1.165) is 38.8 Å². The van der Waals surface area contributed by atoms with Gasteiger partial charge in [-0.15, -0.1) is 0 Å². The molecule has 1 aromatic carbocycles. The number of ether oxygens (including phenoxy) is 2. The van der Waals surface area contributed by atoms with Crippen molar-refractivity contribution in [1.82, 2.24) is 19.9 Å². The van der Waals surface area contributed by atoms with Gasteiger partial charge in [-0.2, -0.15) is 0 Å². The number of aromatic amines is 1. The van der Waals surface area contributed by atoms with Crippen molar-refractivity contribution in [3.8, 4) is 22.8 Å². The molecule has 0 amide bonds. The van der Waals surface area contributed by atoms with Gasteiger partial charge >= 0.3 is 0 Å². The van der Waals surface area contributed by atoms with Crippen LogP contribution < -0.4 is 9.47 Å². The van der Waals surface area contributed by atoms with Crippen molar-refractivity contribution in [2.24, 2.45) is 0 Å². The van der Waals surface area contributed by atoms with Gasteiger partial charge in [0.05, 0.1) is 31.3 Å². The van der Waals surface area contributed by atoms with Gasteiger partial charge in [0, 0.05) is 17.1 Å². The summed E-state index contributed by atoms with van der Waals surface area (Å²) in [7, 11) is 3.24. The molecule has 0 aliphatic rings. The topological polar surface area (TPSA) is 72.9 Å². The maximum absolute atomic E-state index is 5.33. The predicted molar refractivity (Wildman–Crippen MR) is 87.7 cm³/mol. The number of nitrogens with one attached hydrogen (secondary N) is 1. The Morgan fingerprint density at radius 2 is 1.87 bits per heavy atom. The van der Waals surface area contributed by atoms with Crippen molar-refractivity contribution in [3.63, 3.8) is 0 Å². The van der Waals surface area contributed by atoms with Crippen LogP contribution in [0.2, 0.25) is 0 Å². The number of fused-ring (bicyclic) bond motifs is 2. The Balaban J connectivity index is 1.95. The van der Waals surface area contributed by atoms with Crippen LogP contribution in [0.5, 0.6) is 11.6 Å². The summed E-state index contributed by atoms with van der Waals surface area (Å²) in [6, 6.07) is 7.98. The van der Waals surface area contributed by atoms with Crippen molar-refractivity contribution in [3.05, 3.63) is 43.0 Å². The predicted octanol–water partition coefficient (Wildman–Crippen LogP) is 3.19. The maximum atomic E-state index is 5.33. The van der Waals surface area contributed by atoms with Crippen LogP contribution in [0.25, 0.3) is 33.1 Å². The van der Waals surface area contributed by atoms with Gasteiger partial charge in [0.25, 0.3) is 0 Å². The molecule has 114 valence electrons. The molecule has 0 saturated carbocycles. The van der Waals surface area contributed by atoms with E-state index >= 15 is 0 Å². The van der Waals surface area contributed by atoms with Gasteiger partial charge in [0.2, 0.25) is 5.88 Å². The lowest BCUT2D eigenvalue weighted by Crippen LogP contribution is -1.91. The van der Waals surface area contributed by atoms with Crippen LogP contribution in [0.3, 0.4) is 0 Å². The fraction of sp³-hybridized carbons (Fsp3) is 0.118. The highest BCUT2D eigenvalue weighted by molar-refractivity contribution is 5.97. The summed E-state index contributed by atoms with van der Waals surface area (Å²) in [5.74, 6) is 1.28. The average Bonchev–Trinajstić information content (AvgIpc) is 3.03. The highest BCUT2D eigenvalue weighted by Crippen LogP contribution is 2.33. The first-order valence-electron chi connectivity index (χ1n) is 7.10. The number of hydrogen-bond donors (Lipinski definition) is 1. The van der Waals surface area contributed by atoms with Crippen LogP contribution in [0, 0.1) is 0 Å². The van der Waals surface area contributed by atoms with Crippen LogP contribution in [-0.2, 0) is 0 Å². The van der Waals surface area contributed by atoms with E-state index in [1.54, 1.807) is 20.4 Å². The second-order valence-corrected chi connectivity index (χ2v) is 5.09. The van der Waals surface area contributed by atoms with Gasteiger partial charge < -0.3 is 14.5 Å². The molecular weight excluding hydrogens is 292 g/mol. The summed E-state index contributed by atoms with van der Waals surface area (Å²) in [5, 5.41) is 1.87. The molecule has 3 heterocycles. The van der Waals surface area contributed by atoms with E-state index in [2.05, 4.69) is 19.9 Å². The Morgan fingerprint density at radius 1 is 0.957 bits per heavy atom. The second-order valence-electron chi connectivity index (χ2n) is 5.09. The van der Waals surface area contributed by atoms with E-state index in [9.17, 15) is 0 Å². The number of H-pyrrole nitrogens is 1. The summed E-state index contributed by atoms with van der Waals surface area (Å²) < 4.78 is 10.6. The second kappa shape index (κ2) is 5.24. The number of benzene rings is 1. The van der Waals surface area contributed by atoms with Gasteiger partial charge in [0.15, 0.2) is 0 Å². The Bertz CT molecular complexity index is 1010. The van der Waals surface area contributed by atoms with Crippen LogP contribution >= 0.6 is 0 Å². The molecule has 4 rings (SSSR count). The lowest BCUT2D eigenvalue weighted by atomic mass is 10.0. The number of nitrogens with zero attached hydrogens (tertiary/aromatic N) is 3. The van der Waals surface area contributed by atoms with E-state index in [1.165, 1.54) is 6.33 Å². The molecule has 6 heteroatoms. The van der Waals surface area contributed by atoms with Gasteiger partial charge in [-0.05, 0) is 23.8 Å². The van der Waals surface area contributed by atoms with Gasteiger partial charge in [-0.3, -0.25) is 0 Å². The first kappa shape index (κ1) is 13.5. The standard InChI is InChI=1S/C17H14N4O2/c1-22-11-6-12-14(8-19-16(12)18-7-11)10-3-4-15-13(5-10)17(23-2)21-9-20-15/h3-9H,1-2H3,(H,18,19). The number of rotatable bonds is 3. The molecule has 4 aromatic rings. The minimum absolute atomic E-state index is 0.562. The molecule has 0 radical (unpaired) electrons. The third kappa shape index (κ3) is 2.15. The highest BCUT2D eigenvalue weighted by atomic mass is 16.5. The molecule has 0 fully saturated rings. The molecule has 6 nitrogen and oxygen atoms in total. The minimum atomic E-state index is 0.562. The zero-order valence-corrected chi connectivity index (χ0v) is 12.7. The van der Waals surface area contributed by atoms with E-state index in [4.69, 9.17) is 9.47 Å². The fourth-order valence-electron chi connectivity index (χ4n) is 2.70. The number of aromatic nitrogens is 4. The zero-order chi connectivity index (χ0) is 15.8. The molecule has 0 bridgehead atoms. The fourth-order valence-corrected chi connectivity index (χ4v) is 2.70. The van der Waals surface area contributed by atoms with Crippen molar-refractivity contribution in [2.75, 3.05) is 14.2 Å². The summed E-state index contributed by atoms with van der Waals surface area (Å²) in [6.45, 7) is 0. The molecule has 0 atom stereocenters. The van der Waals surface area contributed by atoms with E-state index in [1.807, 2.05) is 30.5 Å². The molecule has 0 spiro atoms. The average molecular weight is 306 g/mol. The first-order chi connectivity index (χ1) is 11.3. The maximum Gasteiger partial charge on any atom is 0.224 e. The Labute approximate surface area is 132 Å². The molecule has 0 unspecified atom stereocenters. The minimum Gasteiger partial charge on any atom is -0.495 e. The van der Waals surface area contributed by atoms with Crippen LogP contribution in [-0.4, -0.2) is 34.2 Å². The first-order valence-corrected chi connectivity index (χ1v) is 7.10. The summed E-state index contributed by atoms with van der Waals surface area (Å²) in [6.07, 6.45) is 5.13. The van der Waals surface area contributed by atoms with E-state index in [0.29, 0.717) is 5.88 Å². The van der Waals surface area contributed by atoms with Crippen LogP contribution in [0.4, 0.5) is 0 Å². The molecule has 0 aliphatic heterocycles. The quantitative estimate of drug-likeness (QED) is 0.629. The van der Waals surface area contributed by atoms with E-state index in [-0.39, 0.29) is 0 Å². The molecule has 1 N–H and O–H groups in total. The Morgan fingerprint density at radius 3 is 2.70 bits per heavy atom. The normalized spacial score (nSPS) is 11.0. The largest absolute Gasteiger partial charge is 0.495 e. The number of methoxy groups -OCH3 is 2. The van der Waals surface area contributed by atoms with Crippen LogP contribution in [0.15, 0.2) is 43.0 Å². The van der Waals surface area contributed by atoms with Crippen molar-refractivity contribution < 1.29 is 9.47 Å². The smallest absolute Gasteiger partial charge is 0.224 e. The SMILES string of the molecule is COc1cnc2[nH]cc(-c3ccc4ncnc(OC)c4c3)c2c1. The van der Waals surface area contributed by atoms with Crippen molar-refractivity contribution in [1.29, 1.82) is 0 Å². The molecular formula is C17H14N4O2. The van der Waals surface area contributed by atoms with Crippen molar-refractivity contribution in [2.45, 2.75) is 0 Å². The summed E-state index contributed by atoms with van der Waals surface area (Å²) >= 11 is 0. The Kier molecular flexibility index (Phi) is 3.08. The van der Waals surface area contributed by atoms with Gasteiger partial charge in [-0.25, -0.2) is 15.0 Å². The van der Waals surface area contributed by atoms with Crippen LogP contribution in [0.1, 0.15) is 0 Å².